The first kappa shape index (κ1) is 25.8. The molecule has 1 aromatic carbocycles. The Kier molecular flexibility index (Phi) is 8.08. The second kappa shape index (κ2) is 10.3. The summed E-state index contributed by atoms with van der Waals surface area (Å²) in [7, 11) is 0. The number of hydrogen-bond donors (Lipinski definition) is 1. The van der Waals surface area contributed by atoms with E-state index in [0.717, 1.165) is 59.5 Å². The van der Waals surface area contributed by atoms with Gasteiger partial charge >= 0.3 is 0 Å². The van der Waals surface area contributed by atoms with Crippen LogP contribution in [0.1, 0.15) is 59.3 Å². The van der Waals surface area contributed by atoms with Crippen LogP contribution in [-0.2, 0) is 11.4 Å². The third kappa shape index (κ3) is 5.28. The smallest absolute Gasteiger partial charge is 0.148 e. The van der Waals surface area contributed by atoms with Crippen molar-refractivity contribution in [3.8, 4) is 11.3 Å². The number of hydrogen-bond acceptors (Lipinski definition) is 5. The lowest BCUT2D eigenvalue weighted by atomic mass is 9.74. The van der Waals surface area contributed by atoms with Gasteiger partial charge in [0.2, 0.25) is 0 Å². The van der Waals surface area contributed by atoms with Crippen LogP contribution in [0.2, 0.25) is 10.0 Å². The summed E-state index contributed by atoms with van der Waals surface area (Å²) in [6.45, 7) is 8.15. The number of rotatable bonds is 6. The van der Waals surface area contributed by atoms with Gasteiger partial charge in [0.1, 0.15) is 20.0 Å². The summed E-state index contributed by atoms with van der Waals surface area (Å²) in [6, 6.07) is 5.89. The number of benzene rings is 1. The molecule has 0 bridgehead atoms. The Balaban J connectivity index is 1.45. The Hall–Kier alpha value is -0.320. The molecule has 9 heteroatoms. The monoisotopic (exact) mass is 620 g/mol. The van der Waals surface area contributed by atoms with Crippen LogP contribution in [0.4, 0.5) is 5.82 Å². The van der Waals surface area contributed by atoms with E-state index in [1.54, 1.807) is 6.07 Å². The highest BCUT2D eigenvalue weighted by Gasteiger charge is 2.48. The van der Waals surface area contributed by atoms with E-state index in [9.17, 15) is 4.55 Å². The first-order valence-corrected chi connectivity index (χ1v) is 14.6. The molecular weight excluding hydrogens is 590 g/mol. The van der Waals surface area contributed by atoms with Crippen LogP contribution in [0, 0.1) is 9.12 Å². The van der Waals surface area contributed by atoms with Crippen molar-refractivity contribution < 1.29 is 4.55 Å². The zero-order chi connectivity index (χ0) is 23.8. The molecule has 180 valence electrons. The molecular formula is C24H31Cl2IN4OS. The minimum absolute atomic E-state index is 0.204. The first-order chi connectivity index (χ1) is 15.7. The normalized spacial score (nSPS) is 21.5. The van der Waals surface area contributed by atoms with Gasteiger partial charge in [0, 0.05) is 30.0 Å². The summed E-state index contributed by atoms with van der Waals surface area (Å²) in [5.74, 6) is 0.898. The van der Waals surface area contributed by atoms with Gasteiger partial charge in [0.15, 0.2) is 0 Å². The van der Waals surface area contributed by atoms with Crippen molar-refractivity contribution in [3.63, 3.8) is 0 Å². The Morgan fingerprint density at radius 2 is 2.00 bits per heavy atom. The van der Waals surface area contributed by atoms with Crippen LogP contribution in [0.5, 0.6) is 0 Å². The summed E-state index contributed by atoms with van der Waals surface area (Å²) < 4.78 is 17.1. The van der Waals surface area contributed by atoms with Crippen molar-refractivity contribution in [1.29, 1.82) is 0 Å². The number of halogens is 3. The van der Waals surface area contributed by atoms with Crippen LogP contribution in [0.15, 0.2) is 24.4 Å². The van der Waals surface area contributed by atoms with Gasteiger partial charge in [0.05, 0.1) is 22.3 Å². The fourth-order valence-corrected chi connectivity index (χ4v) is 7.17. The lowest BCUT2D eigenvalue weighted by molar-refractivity contribution is 0.186. The van der Waals surface area contributed by atoms with Gasteiger partial charge in [-0.25, -0.2) is 9.97 Å². The number of nitrogens with zero attached hydrogens (tertiary/aromatic N) is 3. The van der Waals surface area contributed by atoms with E-state index in [1.807, 2.05) is 18.3 Å². The Bertz CT molecular complexity index is 1000. The molecule has 1 saturated carbocycles. The van der Waals surface area contributed by atoms with Crippen LogP contribution < -0.4 is 9.62 Å². The minimum atomic E-state index is -1.03. The molecule has 2 heterocycles. The van der Waals surface area contributed by atoms with Gasteiger partial charge in [-0.1, -0.05) is 48.7 Å². The fraction of sp³-hybridized carbons (Fsp3) is 0.583. The quantitative estimate of drug-likeness (QED) is 0.290. The van der Waals surface area contributed by atoms with Crippen LogP contribution >= 0.6 is 45.8 Å². The SMILES string of the molecule is CCC(C)(C)[S+]([O-])N[C@@H]1CCCC12CCN(c1cnc(-c3cccc(Cl)c3Cl)c(I)n1)CC2. The minimum Gasteiger partial charge on any atom is -0.598 e. The largest absolute Gasteiger partial charge is 0.598 e. The maximum Gasteiger partial charge on any atom is 0.148 e. The zero-order valence-electron chi connectivity index (χ0n) is 19.3. The molecule has 1 N–H and O–H groups in total. The summed E-state index contributed by atoms with van der Waals surface area (Å²) in [6.07, 6.45) is 8.41. The van der Waals surface area contributed by atoms with Gasteiger partial charge in [-0.15, -0.1) is 4.72 Å². The molecule has 1 spiro atoms. The molecule has 1 saturated heterocycles. The van der Waals surface area contributed by atoms with Crippen LogP contribution in [0.3, 0.4) is 0 Å². The Morgan fingerprint density at radius 1 is 1.27 bits per heavy atom. The number of anilines is 1. The number of nitrogens with one attached hydrogen (secondary N) is 1. The van der Waals surface area contributed by atoms with E-state index in [1.165, 1.54) is 12.8 Å². The maximum atomic E-state index is 12.9. The molecule has 1 unspecified atom stereocenters. The van der Waals surface area contributed by atoms with E-state index >= 15 is 0 Å². The molecule has 2 atom stereocenters. The molecule has 1 aliphatic carbocycles. The first-order valence-electron chi connectivity index (χ1n) is 11.6. The number of aromatic nitrogens is 2. The standard InChI is InChI=1S/C24H31Cl2IN4OS/c1-4-23(2,3)33(32)30-18-9-6-10-24(18)11-13-31(14-12-24)19-15-28-21(22(27)29-19)16-7-5-8-17(25)20(16)26/h5,7-8,15,18,30H,4,6,9-14H2,1-3H3/t18-,33?/m1/s1. The summed E-state index contributed by atoms with van der Waals surface area (Å²) in [5, 5.41) is 1.02. The summed E-state index contributed by atoms with van der Waals surface area (Å²) in [4.78, 5) is 11.9. The summed E-state index contributed by atoms with van der Waals surface area (Å²) in [5.41, 5.74) is 1.78. The second-order valence-corrected chi connectivity index (χ2v) is 13.4. The molecule has 1 aromatic heterocycles. The molecule has 2 fully saturated rings. The van der Waals surface area contributed by atoms with Crippen molar-refractivity contribution >= 4 is 63.0 Å². The topological polar surface area (TPSA) is 64.1 Å². The molecule has 5 nitrogen and oxygen atoms in total. The van der Waals surface area contributed by atoms with E-state index in [4.69, 9.17) is 33.2 Å². The average molecular weight is 621 g/mol. The van der Waals surface area contributed by atoms with Gasteiger partial charge in [-0.05, 0) is 80.0 Å². The zero-order valence-corrected chi connectivity index (χ0v) is 23.8. The van der Waals surface area contributed by atoms with Crippen molar-refractivity contribution in [2.24, 2.45) is 5.41 Å². The molecule has 4 rings (SSSR count). The van der Waals surface area contributed by atoms with E-state index in [0.29, 0.717) is 16.1 Å². The highest BCUT2D eigenvalue weighted by molar-refractivity contribution is 14.1. The van der Waals surface area contributed by atoms with Crippen LogP contribution in [0.25, 0.3) is 11.3 Å². The second-order valence-electron chi connectivity index (χ2n) is 9.76. The van der Waals surface area contributed by atoms with E-state index in [-0.39, 0.29) is 10.2 Å². The average Bonchev–Trinajstić information content (AvgIpc) is 3.17. The highest BCUT2D eigenvalue weighted by Crippen LogP contribution is 2.47. The van der Waals surface area contributed by atoms with Gasteiger partial charge in [0.25, 0.3) is 0 Å². The van der Waals surface area contributed by atoms with Crippen molar-refractivity contribution in [2.45, 2.75) is 70.1 Å². The van der Waals surface area contributed by atoms with Crippen molar-refractivity contribution in [3.05, 3.63) is 38.1 Å². The Labute approximate surface area is 223 Å². The lowest BCUT2D eigenvalue weighted by Gasteiger charge is -2.44. The van der Waals surface area contributed by atoms with Crippen molar-refractivity contribution in [1.82, 2.24) is 14.7 Å². The molecule has 33 heavy (non-hydrogen) atoms. The predicted molar refractivity (Wildman–Crippen MR) is 147 cm³/mol. The third-order valence-corrected chi connectivity index (χ3v) is 10.9. The molecule has 0 radical (unpaired) electrons. The van der Waals surface area contributed by atoms with Crippen molar-refractivity contribution in [2.75, 3.05) is 18.0 Å². The number of piperidine rings is 1. The van der Waals surface area contributed by atoms with Crippen LogP contribution in [-0.4, -0.2) is 38.4 Å². The molecule has 1 aliphatic heterocycles. The maximum absolute atomic E-state index is 12.9. The molecule has 2 aliphatic rings. The van der Waals surface area contributed by atoms with E-state index in [2.05, 4.69) is 53.0 Å². The lowest BCUT2D eigenvalue weighted by Crippen LogP contribution is -2.53. The summed E-state index contributed by atoms with van der Waals surface area (Å²) >= 11 is 13.8. The third-order valence-electron chi connectivity index (χ3n) is 7.52. The van der Waals surface area contributed by atoms with Gasteiger partial charge in [-0.3, -0.25) is 0 Å². The predicted octanol–water partition coefficient (Wildman–Crippen LogP) is 6.64. The fourth-order valence-electron chi connectivity index (χ4n) is 4.90. The Morgan fingerprint density at radius 3 is 2.67 bits per heavy atom. The van der Waals surface area contributed by atoms with Gasteiger partial charge < -0.3 is 9.45 Å². The van der Waals surface area contributed by atoms with Gasteiger partial charge in [-0.2, -0.15) is 0 Å². The van der Waals surface area contributed by atoms with E-state index < -0.39 is 11.4 Å². The molecule has 2 aromatic rings. The highest BCUT2D eigenvalue weighted by atomic mass is 127. The molecule has 0 amide bonds.